The highest BCUT2D eigenvalue weighted by Gasteiger charge is 2.32. The molecule has 0 radical (unpaired) electrons. The Labute approximate surface area is 166 Å². The molecule has 2 aromatic carbocycles. The molecule has 28 heavy (non-hydrogen) atoms. The molecule has 0 aliphatic carbocycles. The highest BCUT2D eigenvalue weighted by atomic mass is 32.2. The largest absolute Gasteiger partial charge is 0.284 e. The fourth-order valence-corrected chi connectivity index (χ4v) is 3.84. The number of carbonyl (C=O) groups excluding carboxylic acids is 1. The third-order valence-corrected chi connectivity index (χ3v) is 6.07. The van der Waals surface area contributed by atoms with Gasteiger partial charge in [-0.15, -0.1) is 0 Å². The summed E-state index contributed by atoms with van der Waals surface area (Å²) >= 11 is 0. The number of sulfonamides is 1. The Kier molecular flexibility index (Phi) is 5.84. The van der Waals surface area contributed by atoms with E-state index in [1.54, 1.807) is 24.1 Å². The van der Waals surface area contributed by atoms with Crippen LogP contribution in [0.3, 0.4) is 0 Å². The Bertz CT molecular complexity index is 998. The molecule has 2 aromatic rings. The number of anilines is 1. The minimum atomic E-state index is -3.31. The number of hydrogen-bond acceptors (Lipinski definition) is 4. The first-order valence-corrected chi connectivity index (χ1v) is 11.0. The summed E-state index contributed by atoms with van der Waals surface area (Å²) in [6.45, 7) is 5.45. The molecule has 0 aromatic heterocycles. The van der Waals surface area contributed by atoms with Crippen LogP contribution in [0.4, 0.5) is 5.69 Å². The number of nitrogens with one attached hydrogen (secondary N) is 1. The predicted octanol–water partition coefficient (Wildman–Crippen LogP) is 3.84. The molecule has 1 unspecified atom stereocenters. The summed E-state index contributed by atoms with van der Waals surface area (Å²) < 4.78 is 25.9. The number of carbonyl (C=O) groups is 1. The number of benzene rings is 2. The molecule has 6 nitrogen and oxygen atoms in total. The fourth-order valence-electron chi connectivity index (χ4n) is 3.20. The summed E-state index contributed by atoms with van der Waals surface area (Å²) in [5.41, 5.74) is 4.41. The van der Waals surface area contributed by atoms with Crippen LogP contribution >= 0.6 is 0 Å². The highest BCUT2D eigenvalue weighted by molar-refractivity contribution is 7.92. The minimum absolute atomic E-state index is 0.0196. The van der Waals surface area contributed by atoms with E-state index in [0.29, 0.717) is 18.5 Å². The number of aryl methyl sites for hydroxylation is 1. The van der Waals surface area contributed by atoms with E-state index >= 15 is 0 Å². The number of amides is 1. The molecule has 0 fully saturated rings. The third kappa shape index (κ3) is 4.42. The molecule has 7 heteroatoms. The molecule has 1 atom stereocenters. The Morgan fingerprint density at radius 1 is 1.18 bits per heavy atom. The molecule has 0 saturated heterocycles. The molecule has 1 heterocycles. The first kappa shape index (κ1) is 20.1. The van der Waals surface area contributed by atoms with Crippen molar-refractivity contribution < 1.29 is 13.2 Å². The lowest BCUT2D eigenvalue weighted by atomic mass is 9.97. The van der Waals surface area contributed by atoms with Gasteiger partial charge in [0.15, 0.2) is 0 Å². The van der Waals surface area contributed by atoms with Crippen LogP contribution < -0.4 is 4.72 Å². The van der Waals surface area contributed by atoms with Crippen molar-refractivity contribution in [2.24, 2.45) is 5.10 Å². The molecule has 1 amide bonds. The first-order valence-electron chi connectivity index (χ1n) is 9.40. The molecule has 148 valence electrons. The van der Waals surface area contributed by atoms with Crippen LogP contribution in [0.2, 0.25) is 0 Å². The zero-order valence-corrected chi connectivity index (χ0v) is 17.2. The van der Waals surface area contributed by atoms with Gasteiger partial charge in [0, 0.05) is 18.5 Å². The first-order chi connectivity index (χ1) is 13.3. The SMILES string of the molecule is CCC(=O)N1N=C(c2ccc(NS(=O)(=O)CC)cc2)CC1c1cccc(C)c1. The predicted molar refractivity (Wildman–Crippen MR) is 112 cm³/mol. The number of hydrogen-bond donors (Lipinski definition) is 1. The summed E-state index contributed by atoms with van der Waals surface area (Å²) in [5.74, 6) is 0.00195. The van der Waals surface area contributed by atoms with Gasteiger partial charge < -0.3 is 0 Å². The molecule has 1 aliphatic heterocycles. The van der Waals surface area contributed by atoms with Gasteiger partial charge in [-0.05, 0) is 37.1 Å². The molecule has 1 aliphatic rings. The van der Waals surface area contributed by atoms with Gasteiger partial charge in [0.1, 0.15) is 0 Å². The highest BCUT2D eigenvalue weighted by Crippen LogP contribution is 2.33. The monoisotopic (exact) mass is 399 g/mol. The van der Waals surface area contributed by atoms with Crippen molar-refractivity contribution in [3.05, 3.63) is 65.2 Å². The second kappa shape index (κ2) is 8.14. The Hall–Kier alpha value is -2.67. The third-order valence-electron chi connectivity index (χ3n) is 4.77. The molecular formula is C21H25N3O3S. The Balaban J connectivity index is 1.86. The Morgan fingerprint density at radius 2 is 1.89 bits per heavy atom. The van der Waals surface area contributed by atoms with E-state index in [1.165, 1.54) is 0 Å². The molecule has 0 bridgehead atoms. The summed E-state index contributed by atoms with van der Waals surface area (Å²) in [7, 11) is -3.31. The van der Waals surface area contributed by atoms with Crippen molar-refractivity contribution >= 4 is 27.3 Å². The summed E-state index contributed by atoms with van der Waals surface area (Å²) in [6.07, 6.45) is 1.01. The molecule has 0 spiro atoms. The average molecular weight is 400 g/mol. The lowest BCUT2D eigenvalue weighted by Crippen LogP contribution is -2.26. The zero-order chi connectivity index (χ0) is 20.3. The topological polar surface area (TPSA) is 78.8 Å². The smallest absolute Gasteiger partial charge is 0.242 e. The summed E-state index contributed by atoms with van der Waals surface area (Å²) in [5, 5.41) is 6.18. The van der Waals surface area contributed by atoms with E-state index in [9.17, 15) is 13.2 Å². The van der Waals surface area contributed by atoms with Crippen LogP contribution in [-0.2, 0) is 14.8 Å². The van der Waals surface area contributed by atoms with Gasteiger partial charge in [-0.1, -0.05) is 48.9 Å². The van der Waals surface area contributed by atoms with E-state index < -0.39 is 10.0 Å². The molecule has 1 N–H and O–H groups in total. The lowest BCUT2D eigenvalue weighted by Gasteiger charge is -2.21. The standard InChI is InChI=1S/C21H25N3O3S/c1-4-21(25)24-20(17-8-6-7-15(3)13-17)14-19(22-24)16-9-11-18(12-10-16)23-28(26,27)5-2/h6-13,20,23H,4-5,14H2,1-3H3. The van der Waals surface area contributed by atoms with E-state index in [1.807, 2.05) is 44.2 Å². The van der Waals surface area contributed by atoms with Crippen molar-refractivity contribution in [1.29, 1.82) is 0 Å². The van der Waals surface area contributed by atoms with Crippen molar-refractivity contribution in [1.82, 2.24) is 5.01 Å². The van der Waals surface area contributed by atoms with Gasteiger partial charge >= 0.3 is 0 Å². The van der Waals surface area contributed by atoms with Crippen molar-refractivity contribution in [3.8, 4) is 0 Å². The molecular weight excluding hydrogens is 374 g/mol. The minimum Gasteiger partial charge on any atom is -0.284 e. The van der Waals surface area contributed by atoms with Crippen LogP contribution in [-0.4, -0.2) is 30.8 Å². The summed E-state index contributed by atoms with van der Waals surface area (Å²) in [4.78, 5) is 12.4. The average Bonchev–Trinajstić information content (AvgIpc) is 3.13. The van der Waals surface area contributed by atoms with E-state index in [4.69, 9.17) is 0 Å². The van der Waals surface area contributed by atoms with Crippen molar-refractivity contribution in [2.75, 3.05) is 10.5 Å². The molecule has 0 saturated carbocycles. The maximum Gasteiger partial charge on any atom is 0.242 e. The van der Waals surface area contributed by atoms with Crippen molar-refractivity contribution in [2.45, 2.75) is 39.7 Å². The number of nitrogens with zero attached hydrogens (tertiary/aromatic N) is 2. The van der Waals surface area contributed by atoms with Gasteiger partial charge in [-0.2, -0.15) is 5.10 Å². The maximum atomic E-state index is 12.4. The normalized spacial score (nSPS) is 16.8. The second-order valence-electron chi connectivity index (χ2n) is 6.86. The van der Waals surface area contributed by atoms with Gasteiger partial charge in [0.25, 0.3) is 0 Å². The second-order valence-corrected chi connectivity index (χ2v) is 8.87. The Morgan fingerprint density at radius 3 is 2.50 bits per heavy atom. The van der Waals surface area contributed by atoms with E-state index in [-0.39, 0.29) is 17.7 Å². The zero-order valence-electron chi connectivity index (χ0n) is 16.3. The van der Waals surface area contributed by atoms with Gasteiger partial charge in [0.2, 0.25) is 15.9 Å². The lowest BCUT2D eigenvalue weighted by molar-refractivity contribution is -0.132. The van der Waals surface area contributed by atoms with Crippen LogP contribution in [0.5, 0.6) is 0 Å². The van der Waals surface area contributed by atoms with Gasteiger partial charge in [-0.3, -0.25) is 9.52 Å². The van der Waals surface area contributed by atoms with E-state index in [2.05, 4.69) is 15.9 Å². The van der Waals surface area contributed by atoms with Gasteiger partial charge in [0.05, 0.1) is 17.5 Å². The van der Waals surface area contributed by atoms with E-state index in [0.717, 1.165) is 22.4 Å². The van der Waals surface area contributed by atoms with Crippen LogP contribution in [0.25, 0.3) is 0 Å². The fraction of sp³-hybridized carbons (Fsp3) is 0.333. The van der Waals surface area contributed by atoms with Crippen molar-refractivity contribution in [3.63, 3.8) is 0 Å². The van der Waals surface area contributed by atoms with Crippen LogP contribution in [0, 0.1) is 6.92 Å². The van der Waals surface area contributed by atoms with Gasteiger partial charge in [-0.25, -0.2) is 13.4 Å². The maximum absolute atomic E-state index is 12.4. The molecule has 3 rings (SSSR count). The van der Waals surface area contributed by atoms with Crippen LogP contribution in [0.15, 0.2) is 53.6 Å². The quantitative estimate of drug-likeness (QED) is 0.801. The number of rotatable bonds is 6. The summed E-state index contributed by atoms with van der Waals surface area (Å²) in [6, 6.07) is 15.1. The number of hydrazone groups is 1. The van der Waals surface area contributed by atoms with Crippen LogP contribution in [0.1, 0.15) is 49.4 Å².